The lowest BCUT2D eigenvalue weighted by Crippen LogP contribution is -2.44. The van der Waals surface area contributed by atoms with Crippen LogP contribution in [0.15, 0.2) is 48.7 Å². The van der Waals surface area contributed by atoms with E-state index in [1.165, 1.54) is 18.6 Å². The van der Waals surface area contributed by atoms with Crippen LogP contribution >= 0.6 is 0 Å². The summed E-state index contributed by atoms with van der Waals surface area (Å²) in [5, 5.41) is 0. The van der Waals surface area contributed by atoms with Crippen LogP contribution in [-0.2, 0) is 17.8 Å². The van der Waals surface area contributed by atoms with E-state index in [-0.39, 0.29) is 11.7 Å². The summed E-state index contributed by atoms with van der Waals surface area (Å²) in [4.78, 5) is 21.7. The maximum absolute atomic E-state index is 13.1. The minimum Gasteiger partial charge on any atom is -0.341 e. The largest absolute Gasteiger partial charge is 0.341 e. The van der Waals surface area contributed by atoms with Crippen molar-refractivity contribution in [3.8, 4) is 0 Å². The smallest absolute Gasteiger partial charge is 0.227 e. The van der Waals surface area contributed by atoms with Crippen molar-refractivity contribution >= 4 is 5.91 Å². The predicted octanol–water partition coefficient (Wildman–Crippen LogP) is 2.89. The van der Waals surface area contributed by atoms with E-state index in [4.69, 9.17) is 0 Å². The number of benzene rings is 1. The molecule has 0 radical (unpaired) electrons. The first kappa shape index (κ1) is 17.2. The zero-order chi connectivity index (χ0) is 17.9. The number of amides is 1. The molecule has 26 heavy (non-hydrogen) atoms. The first-order chi connectivity index (χ1) is 12.7. The van der Waals surface area contributed by atoms with Gasteiger partial charge in [-0.3, -0.25) is 14.7 Å². The molecule has 0 unspecified atom stereocenters. The molecule has 2 aromatic rings. The van der Waals surface area contributed by atoms with Gasteiger partial charge >= 0.3 is 0 Å². The number of carbonyl (C=O) groups is 1. The fraction of sp³-hybridized carbons (Fsp3) is 0.429. The van der Waals surface area contributed by atoms with E-state index in [2.05, 4.69) is 16.0 Å². The molecule has 3 fully saturated rings. The van der Waals surface area contributed by atoms with Crippen LogP contribution in [0.25, 0.3) is 0 Å². The highest BCUT2D eigenvalue weighted by Gasteiger charge is 2.36. The Morgan fingerprint density at radius 1 is 1.08 bits per heavy atom. The Morgan fingerprint density at radius 3 is 2.69 bits per heavy atom. The van der Waals surface area contributed by atoms with Gasteiger partial charge in [-0.1, -0.05) is 18.2 Å². The zero-order valence-corrected chi connectivity index (χ0v) is 14.9. The van der Waals surface area contributed by atoms with E-state index in [0.717, 1.165) is 43.9 Å². The molecule has 0 spiro atoms. The molecular formula is C21H24FN3O. The van der Waals surface area contributed by atoms with Crippen molar-refractivity contribution < 1.29 is 9.18 Å². The third-order valence-corrected chi connectivity index (χ3v) is 5.54. The number of fused-ring (bicyclic) bond motifs is 4. The fourth-order valence-corrected chi connectivity index (χ4v) is 4.16. The van der Waals surface area contributed by atoms with Crippen molar-refractivity contribution in [3.63, 3.8) is 0 Å². The number of halogens is 1. The Kier molecular flexibility index (Phi) is 4.98. The molecule has 3 saturated heterocycles. The zero-order valence-electron chi connectivity index (χ0n) is 14.9. The van der Waals surface area contributed by atoms with E-state index in [1.807, 2.05) is 23.2 Å². The number of nitrogens with zero attached hydrogens (tertiary/aromatic N) is 3. The van der Waals surface area contributed by atoms with E-state index in [9.17, 15) is 9.18 Å². The Morgan fingerprint density at radius 2 is 1.92 bits per heavy atom. The monoisotopic (exact) mass is 353 g/mol. The molecule has 4 nitrogen and oxygen atoms in total. The molecule has 1 amide bonds. The normalized spacial score (nSPS) is 23.0. The lowest BCUT2D eigenvalue weighted by molar-refractivity contribution is -0.130. The molecule has 3 aliphatic rings. The number of hydrogen-bond donors (Lipinski definition) is 0. The molecule has 0 aliphatic carbocycles. The number of aromatic nitrogens is 1. The molecule has 1 aromatic carbocycles. The first-order valence-electron chi connectivity index (χ1n) is 9.33. The number of carbonyl (C=O) groups excluding carboxylic acids is 1. The van der Waals surface area contributed by atoms with Crippen molar-refractivity contribution in [2.24, 2.45) is 5.92 Å². The van der Waals surface area contributed by atoms with Gasteiger partial charge in [-0.2, -0.15) is 0 Å². The highest BCUT2D eigenvalue weighted by atomic mass is 19.1. The van der Waals surface area contributed by atoms with Gasteiger partial charge < -0.3 is 4.90 Å². The Bertz CT molecular complexity index is 750. The summed E-state index contributed by atoms with van der Waals surface area (Å²) in [6.07, 6.45) is 4.51. The van der Waals surface area contributed by atoms with Gasteiger partial charge in [-0.05, 0) is 48.6 Å². The highest BCUT2D eigenvalue weighted by Crippen LogP contribution is 2.29. The van der Waals surface area contributed by atoms with E-state index in [1.54, 1.807) is 12.1 Å². The average molecular weight is 353 g/mol. The lowest BCUT2D eigenvalue weighted by Gasteiger charge is -2.35. The minimum atomic E-state index is -0.265. The molecule has 136 valence electrons. The maximum atomic E-state index is 13.1. The third-order valence-electron chi connectivity index (χ3n) is 5.54. The van der Waals surface area contributed by atoms with Crippen LogP contribution in [0.5, 0.6) is 0 Å². The van der Waals surface area contributed by atoms with Gasteiger partial charge in [0, 0.05) is 38.4 Å². The van der Waals surface area contributed by atoms with Gasteiger partial charge in [-0.15, -0.1) is 0 Å². The Hall–Kier alpha value is -2.27. The topological polar surface area (TPSA) is 36.4 Å². The van der Waals surface area contributed by atoms with Crippen LogP contribution in [0.1, 0.15) is 24.1 Å². The second-order valence-electron chi connectivity index (χ2n) is 7.45. The van der Waals surface area contributed by atoms with Crippen LogP contribution in [0, 0.1) is 11.7 Å². The minimum absolute atomic E-state index is 0.146. The van der Waals surface area contributed by atoms with Crippen LogP contribution in [0.4, 0.5) is 4.39 Å². The Labute approximate surface area is 153 Å². The number of pyridine rings is 1. The summed E-state index contributed by atoms with van der Waals surface area (Å²) in [5.41, 5.74) is 1.96. The summed E-state index contributed by atoms with van der Waals surface area (Å²) >= 11 is 0. The third kappa shape index (κ3) is 3.93. The molecule has 0 saturated carbocycles. The summed E-state index contributed by atoms with van der Waals surface area (Å²) in [5.74, 6) is 0.405. The van der Waals surface area contributed by atoms with Crippen LogP contribution < -0.4 is 0 Å². The fourth-order valence-electron chi connectivity index (χ4n) is 4.16. The quantitative estimate of drug-likeness (QED) is 0.848. The maximum Gasteiger partial charge on any atom is 0.227 e. The molecule has 4 heterocycles. The molecule has 2 atom stereocenters. The molecule has 0 N–H and O–H groups in total. The SMILES string of the molecule is O=C(Cc1ccc(F)cc1)N1C[C@H]2CC[C@@H](C1)N(Cc1ccccn1)C2. The van der Waals surface area contributed by atoms with E-state index >= 15 is 0 Å². The second kappa shape index (κ2) is 7.54. The summed E-state index contributed by atoms with van der Waals surface area (Å²) < 4.78 is 13.1. The van der Waals surface area contributed by atoms with Crippen molar-refractivity contribution in [1.82, 2.24) is 14.8 Å². The standard InChI is InChI=1S/C21H24FN3O/c22-18-7-4-16(5-8-18)11-21(26)25-13-17-6-9-20(15-25)24(12-17)14-19-3-1-2-10-23-19/h1-5,7-8,10,17,20H,6,9,11-15H2/t17-,20-/m0/s1. The highest BCUT2D eigenvalue weighted by molar-refractivity contribution is 5.79. The van der Waals surface area contributed by atoms with Gasteiger partial charge in [0.05, 0.1) is 12.1 Å². The summed E-state index contributed by atoms with van der Waals surface area (Å²) in [6, 6.07) is 12.7. The predicted molar refractivity (Wildman–Crippen MR) is 97.8 cm³/mol. The van der Waals surface area contributed by atoms with Crippen LogP contribution in [0.3, 0.4) is 0 Å². The van der Waals surface area contributed by atoms with Gasteiger partial charge in [0.25, 0.3) is 0 Å². The molecular weight excluding hydrogens is 329 g/mol. The van der Waals surface area contributed by atoms with Crippen LogP contribution in [0.2, 0.25) is 0 Å². The van der Waals surface area contributed by atoms with Gasteiger partial charge in [-0.25, -0.2) is 4.39 Å². The molecule has 1 aromatic heterocycles. The van der Waals surface area contributed by atoms with Crippen molar-refractivity contribution in [2.75, 3.05) is 19.6 Å². The van der Waals surface area contributed by atoms with Crippen LogP contribution in [-0.4, -0.2) is 46.4 Å². The van der Waals surface area contributed by atoms with Gasteiger partial charge in [0.15, 0.2) is 0 Å². The molecule has 2 bridgehead atoms. The van der Waals surface area contributed by atoms with E-state index in [0.29, 0.717) is 18.4 Å². The summed E-state index contributed by atoms with van der Waals surface area (Å²) in [6.45, 7) is 3.49. The Balaban J connectivity index is 1.42. The van der Waals surface area contributed by atoms with E-state index < -0.39 is 0 Å². The molecule has 5 heteroatoms. The van der Waals surface area contributed by atoms with Gasteiger partial charge in [0.1, 0.15) is 5.82 Å². The van der Waals surface area contributed by atoms with Crippen molar-refractivity contribution in [2.45, 2.75) is 31.8 Å². The molecule has 5 rings (SSSR count). The number of rotatable bonds is 4. The van der Waals surface area contributed by atoms with Crippen molar-refractivity contribution in [1.29, 1.82) is 0 Å². The number of hydrogen-bond acceptors (Lipinski definition) is 3. The summed E-state index contributed by atoms with van der Waals surface area (Å²) in [7, 11) is 0. The number of piperidine rings is 1. The lowest BCUT2D eigenvalue weighted by atomic mass is 9.95. The first-order valence-corrected chi connectivity index (χ1v) is 9.33. The van der Waals surface area contributed by atoms with Gasteiger partial charge in [0.2, 0.25) is 5.91 Å². The second-order valence-corrected chi connectivity index (χ2v) is 7.45. The van der Waals surface area contributed by atoms with Crippen molar-refractivity contribution in [3.05, 3.63) is 65.7 Å². The average Bonchev–Trinajstić information content (AvgIpc) is 2.96. The molecule has 3 aliphatic heterocycles.